The Morgan fingerprint density at radius 1 is 0.500 bits per heavy atom. The second-order valence-corrected chi connectivity index (χ2v) is 19.6. The van der Waals surface area contributed by atoms with Crippen molar-refractivity contribution in [2.24, 2.45) is 0 Å². The Balaban J connectivity index is 0.000000131. The van der Waals surface area contributed by atoms with Gasteiger partial charge in [-0.2, -0.15) is 0 Å². The standard InChI is InChI=1S/C13H11ClF2N2.C13H10F4N2.C13H11F3N2.C12H9BrF2N2S.CH4/c1-7-17-5-9-4-8(6-18(7)9)12-11(15)3-2-10(14)13(12)16;1-6-18-4-8-2-7(5-19(6)8)11-12(16)9(14)3-10(15)13(11)17;1-7-17-5-9-4-8(6-18(7)9)12-10(14)2-3-11(15)13(12)16;13-8-1-2-9(14)10(11(8)15)6-3-7-4-16-12(18)17(7)5-6;/h2-3,5,8,17H,1,4,6H2;3-4,7,18H,1-2,5H2;2-3,5,8,17H,1,4,6H2;1-2,4,6H,3,5H2,(H,16,18);1H4/t8-;7-;8-;6-;/m0101./s1. The molecule has 74 heavy (non-hydrogen) atoms. The van der Waals surface area contributed by atoms with Crippen LogP contribution in [-0.4, -0.2) is 43.9 Å². The summed E-state index contributed by atoms with van der Waals surface area (Å²) >= 11 is 13.9. The third kappa shape index (κ3) is 10.1. The lowest BCUT2D eigenvalue weighted by atomic mass is 9.96. The van der Waals surface area contributed by atoms with Crippen molar-refractivity contribution < 1.29 is 48.3 Å². The van der Waals surface area contributed by atoms with E-state index >= 15 is 0 Å². The number of nitrogens with zero attached hydrogens (tertiary/aromatic N) is 4. The van der Waals surface area contributed by atoms with Crippen LogP contribution in [0.1, 0.15) is 78.3 Å². The first kappa shape index (κ1) is 53.8. The third-order valence-corrected chi connectivity index (χ3v) is 14.9. The number of fused-ring (bicyclic) bond motifs is 4. The van der Waals surface area contributed by atoms with E-state index in [1.807, 2.05) is 20.6 Å². The number of imidazole rings is 1. The number of nitrogens with one attached hydrogen (secondary N) is 4. The highest BCUT2D eigenvalue weighted by atomic mass is 79.9. The zero-order valence-electron chi connectivity index (χ0n) is 38.0. The second-order valence-electron chi connectivity index (χ2n) is 18.0. The summed E-state index contributed by atoms with van der Waals surface area (Å²) in [6, 6.07) is 7.14. The van der Waals surface area contributed by atoms with Gasteiger partial charge in [-0.25, -0.2) is 48.3 Å². The van der Waals surface area contributed by atoms with Crippen LogP contribution in [0.4, 0.5) is 48.3 Å². The average molecular weight is 1140 g/mol. The van der Waals surface area contributed by atoms with Gasteiger partial charge in [-0.15, -0.1) is 0 Å². The van der Waals surface area contributed by atoms with Gasteiger partial charge in [0.15, 0.2) is 39.7 Å². The molecular formula is C52H45BrClF11N8S. The van der Waals surface area contributed by atoms with E-state index in [1.54, 1.807) is 23.5 Å². The largest absolute Gasteiger partial charge is 0.347 e. The van der Waals surface area contributed by atoms with Gasteiger partial charge in [-0.3, -0.25) is 0 Å². The maximum Gasteiger partial charge on any atom is 0.177 e. The van der Waals surface area contributed by atoms with Crippen LogP contribution in [0.15, 0.2) is 126 Å². The Hall–Kier alpha value is -6.45. The van der Waals surface area contributed by atoms with Gasteiger partial charge in [-0.1, -0.05) is 38.8 Å². The third-order valence-electron chi connectivity index (χ3n) is 13.6. The van der Waals surface area contributed by atoms with E-state index in [2.05, 4.69) is 56.6 Å². The number of hydrogen-bond donors (Lipinski definition) is 4. The zero-order valence-corrected chi connectivity index (χ0v) is 41.2. The number of benzene rings is 4. The molecule has 4 aromatic carbocycles. The molecule has 12 rings (SSSR count). The maximum absolute atomic E-state index is 14.0. The number of halogens is 13. The van der Waals surface area contributed by atoms with Gasteiger partial charge < -0.3 is 40.2 Å². The van der Waals surface area contributed by atoms with Crippen LogP contribution in [0.2, 0.25) is 5.02 Å². The molecule has 7 aliphatic rings. The lowest BCUT2D eigenvalue weighted by Crippen LogP contribution is -2.20. The number of aromatic nitrogens is 2. The molecule has 0 saturated carbocycles. The molecule has 5 aromatic rings. The molecule has 4 N–H and O–H groups in total. The Bertz CT molecular complexity index is 3160. The maximum atomic E-state index is 14.0. The van der Waals surface area contributed by atoms with Crippen LogP contribution in [0.3, 0.4) is 0 Å². The van der Waals surface area contributed by atoms with Crippen molar-refractivity contribution in [3.63, 3.8) is 0 Å². The van der Waals surface area contributed by atoms with Crippen molar-refractivity contribution in [2.75, 3.05) is 19.6 Å². The minimum atomic E-state index is -1.37. The van der Waals surface area contributed by atoms with Crippen LogP contribution in [0.5, 0.6) is 0 Å². The van der Waals surface area contributed by atoms with Crippen molar-refractivity contribution in [1.29, 1.82) is 0 Å². The summed E-state index contributed by atoms with van der Waals surface area (Å²) in [5.41, 5.74) is 3.24. The molecule has 7 aliphatic heterocycles. The van der Waals surface area contributed by atoms with E-state index < -0.39 is 75.5 Å². The first-order valence-corrected chi connectivity index (χ1v) is 24.1. The molecule has 8 heterocycles. The fourth-order valence-corrected chi connectivity index (χ4v) is 10.9. The van der Waals surface area contributed by atoms with E-state index in [-0.39, 0.29) is 59.5 Å². The zero-order chi connectivity index (χ0) is 52.3. The van der Waals surface area contributed by atoms with E-state index in [4.69, 9.17) is 23.8 Å². The van der Waals surface area contributed by atoms with Gasteiger partial charge in [0.25, 0.3) is 0 Å². The van der Waals surface area contributed by atoms with Crippen LogP contribution >= 0.6 is 39.7 Å². The van der Waals surface area contributed by atoms with Gasteiger partial charge in [0, 0.05) is 126 Å². The van der Waals surface area contributed by atoms with Crippen molar-refractivity contribution in [1.82, 2.24) is 40.2 Å². The Kier molecular flexibility index (Phi) is 15.6. The molecule has 390 valence electrons. The topological polar surface area (TPSA) is 66.5 Å². The summed E-state index contributed by atoms with van der Waals surface area (Å²) in [7, 11) is 0. The van der Waals surface area contributed by atoms with E-state index in [1.165, 1.54) is 24.3 Å². The highest BCUT2D eigenvalue weighted by Crippen LogP contribution is 2.43. The van der Waals surface area contributed by atoms with Gasteiger partial charge >= 0.3 is 0 Å². The number of rotatable bonds is 4. The molecule has 0 aliphatic carbocycles. The van der Waals surface area contributed by atoms with E-state index in [0.29, 0.717) is 66.2 Å². The fraction of sp³-hybridized carbons (Fsp3) is 0.250. The molecule has 4 atom stereocenters. The number of allylic oxidation sites excluding steroid dienone is 3. The van der Waals surface area contributed by atoms with Crippen molar-refractivity contribution >= 4 is 39.7 Å². The Labute approximate surface area is 437 Å². The molecule has 22 heteroatoms. The molecular weight excluding hydrogens is 1090 g/mol. The molecule has 0 bridgehead atoms. The SMILES string of the molecule is C.C=C1NC=C2C[C@@H](c3c(F)c(F)cc(F)c3F)CN12.C=C1NC=C2C[C@H](c3c(F)ccc(Cl)c3F)CN12.C=C1NC=C2C[C@H](c3c(F)ccc(F)c3F)CN12.Fc1ccc(Br)c(F)c1[C@@H]1Cc2c[nH]c(=S)n2C1. The van der Waals surface area contributed by atoms with Gasteiger partial charge in [0.05, 0.1) is 9.50 Å². The molecule has 1 aromatic heterocycles. The van der Waals surface area contributed by atoms with E-state index in [9.17, 15) is 48.3 Å². The van der Waals surface area contributed by atoms with Crippen LogP contribution in [0.25, 0.3) is 0 Å². The van der Waals surface area contributed by atoms with Gasteiger partial charge in [0.2, 0.25) is 0 Å². The average Bonchev–Trinajstić information content (AvgIpc) is 4.24. The van der Waals surface area contributed by atoms with Gasteiger partial charge in [-0.05, 0) is 90.2 Å². The smallest absolute Gasteiger partial charge is 0.177 e. The molecule has 0 radical (unpaired) electrons. The first-order valence-electron chi connectivity index (χ1n) is 22.5. The molecule has 0 unspecified atom stereocenters. The van der Waals surface area contributed by atoms with Gasteiger partial charge in [0.1, 0.15) is 46.5 Å². The minimum absolute atomic E-state index is 0. The lowest BCUT2D eigenvalue weighted by Gasteiger charge is -2.17. The second kappa shape index (κ2) is 21.4. The van der Waals surface area contributed by atoms with Crippen LogP contribution in [0, 0.1) is 68.8 Å². The lowest BCUT2D eigenvalue weighted by molar-refractivity contribution is 0.416. The quantitative estimate of drug-likeness (QED) is 0.0812. The molecule has 3 saturated heterocycles. The summed E-state index contributed by atoms with van der Waals surface area (Å²) in [6.07, 6.45) is 9.02. The first-order chi connectivity index (χ1) is 34.7. The molecule has 0 spiro atoms. The predicted molar refractivity (Wildman–Crippen MR) is 264 cm³/mol. The molecule has 8 nitrogen and oxygen atoms in total. The summed E-state index contributed by atoms with van der Waals surface area (Å²) < 4.78 is 153. The summed E-state index contributed by atoms with van der Waals surface area (Å²) in [6.45, 7) is 13.0. The van der Waals surface area contributed by atoms with E-state index in [0.717, 1.165) is 40.7 Å². The Morgan fingerprint density at radius 3 is 1.36 bits per heavy atom. The summed E-state index contributed by atoms with van der Waals surface area (Å²) in [5, 5.41) is 8.77. The highest BCUT2D eigenvalue weighted by Gasteiger charge is 2.39. The fourth-order valence-electron chi connectivity index (χ4n) is 10.1. The molecule has 0 amide bonds. The summed E-state index contributed by atoms with van der Waals surface area (Å²) in [4.78, 5) is 8.47. The Morgan fingerprint density at radius 2 is 0.892 bits per heavy atom. The monoisotopic (exact) mass is 1140 g/mol. The highest BCUT2D eigenvalue weighted by molar-refractivity contribution is 9.10. The normalized spacial score (nSPS) is 20.6. The van der Waals surface area contributed by atoms with Crippen molar-refractivity contribution in [2.45, 2.75) is 63.3 Å². The number of hydrogen-bond acceptors (Lipinski definition) is 7. The minimum Gasteiger partial charge on any atom is -0.347 e. The van der Waals surface area contributed by atoms with Crippen LogP contribution < -0.4 is 16.0 Å². The van der Waals surface area contributed by atoms with Crippen LogP contribution in [-0.2, 0) is 13.0 Å². The predicted octanol–water partition coefficient (Wildman–Crippen LogP) is 13.6. The molecule has 3 fully saturated rings. The number of aromatic amines is 1. The number of H-pyrrole nitrogens is 1. The summed E-state index contributed by atoms with van der Waals surface area (Å²) in [5.74, 6) is -9.78. The van der Waals surface area contributed by atoms with Crippen molar-refractivity contribution in [3.8, 4) is 0 Å². The van der Waals surface area contributed by atoms with Crippen molar-refractivity contribution in [3.05, 3.63) is 228 Å².